The quantitative estimate of drug-likeness (QED) is 0.439. The molecule has 0 unspecified atom stereocenters. The van der Waals surface area contributed by atoms with Crippen LogP contribution in [0.2, 0.25) is 0 Å². The Morgan fingerprint density at radius 1 is 1.60 bits per heavy atom. The van der Waals surface area contributed by atoms with Crippen LogP contribution in [0, 0.1) is 10.1 Å². The summed E-state index contributed by atoms with van der Waals surface area (Å²) in [6, 6.07) is 3.68. The van der Waals surface area contributed by atoms with Crippen molar-refractivity contribution in [2.45, 2.75) is 0 Å². The van der Waals surface area contributed by atoms with Gasteiger partial charge in [0.2, 0.25) is 0 Å². The van der Waals surface area contributed by atoms with Gasteiger partial charge in [0.25, 0.3) is 5.69 Å². The second kappa shape index (κ2) is 4.27. The number of nitro groups is 1. The normalized spacial score (nSPS) is 9.40. The van der Waals surface area contributed by atoms with E-state index in [1.54, 1.807) is 0 Å². The molecule has 0 aromatic heterocycles. The van der Waals surface area contributed by atoms with Crippen molar-refractivity contribution in [2.75, 3.05) is 12.4 Å². The predicted octanol–water partition coefficient (Wildman–Crippen LogP) is 1.48. The van der Waals surface area contributed by atoms with Crippen molar-refractivity contribution in [2.24, 2.45) is 0 Å². The zero-order chi connectivity index (χ0) is 11.4. The zero-order valence-corrected chi connectivity index (χ0v) is 7.76. The molecule has 0 atom stereocenters. The van der Waals surface area contributed by atoms with E-state index in [0.29, 0.717) is 0 Å². The fourth-order valence-corrected chi connectivity index (χ4v) is 0.962. The van der Waals surface area contributed by atoms with E-state index >= 15 is 0 Å². The zero-order valence-electron chi connectivity index (χ0n) is 7.76. The topological polar surface area (TPSA) is 102 Å². The molecule has 1 amide bonds. The molecule has 0 aliphatic heterocycles. The van der Waals surface area contributed by atoms with Gasteiger partial charge in [-0.05, 0) is 6.07 Å². The highest BCUT2D eigenvalue weighted by atomic mass is 16.6. The van der Waals surface area contributed by atoms with Crippen molar-refractivity contribution in [1.29, 1.82) is 0 Å². The van der Waals surface area contributed by atoms with E-state index in [0.717, 1.165) is 13.2 Å². The third-order valence-electron chi connectivity index (χ3n) is 1.63. The lowest BCUT2D eigenvalue weighted by atomic mass is 10.2. The summed E-state index contributed by atoms with van der Waals surface area (Å²) in [7, 11) is 1.11. The van der Waals surface area contributed by atoms with Gasteiger partial charge in [0.15, 0.2) is 5.69 Å². The first kappa shape index (κ1) is 10.8. The van der Waals surface area contributed by atoms with E-state index < -0.39 is 22.5 Å². The van der Waals surface area contributed by atoms with Crippen molar-refractivity contribution in [3.8, 4) is 5.75 Å². The maximum atomic E-state index is 10.8. The van der Waals surface area contributed by atoms with Gasteiger partial charge in [-0.1, -0.05) is 6.07 Å². The van der Waals surface area contributed by atoms with Gasteiger partial charge in [-0.2, -0.15) is 0 Å². The molecule has 0 saturated heterocycles. The summed E-state index contributed by atoms with van der Waals surface area (Å²) in [5, 5.41) is 21.9. The van der Waals surface area contributed by atoms with Crippen molar-refractivity contribution in [3.05, 3.63) is 28.3 Å². The van der Waals surface area contributed by atoms with Gasteiger partial charge >= 0.3 is 6.09 Å². The Kier molecular flexibility index (Phi) is 3.06. The highest BCUT2D eigenvalue weighted by Gasteiger charge is 2.19. The molecule has 0 aliphatic rings. The van der Waals surface area contributed by atoms with E-state index in [9.17, 15) is 20.0 Å². The predicted molar refractivity (Wildman–Crippen MR) is 50.8 cm³/mol. The first-order chi connectivity index (χ1) is 7.06. The highest BCUT2D eigenvalue weighted by Crippen LogP contribution is 2.32. The number of phenolic OH excluding ortho intramolecular Hbond substituents is 1. The van der Waals surface area contributed by atoms with Crippen LogP contribution in [0.3, 0.4) is 0 Å². The minimum absolute atomic E-state index is 0.283. The standard InChI is InChI=1S/C8H8N2O5/c1-15-8(12)9-7-5(10(13)14)3-2-4-6(7)11/h2-4,11H,1H3,(H,9,12). The van der Waals surface area contributed by atoms with Crippen LogP contribution in [-0.4, -0.2) is 23.2 Å². The number of hydrogen-bond acceptors (Lipinski definition) is 5. The Balaban J connectivity index is 3.13. The van der Waals surface area contributed by atoms with Crippen molar-refractivity contribution in [3.63, 3.8) is 0 Å². The molecule has 15 heavy (non-hydrogen) atoms. The summed E-state index contributed by atoms with van der Waals surface area (Å²) < 4.78 is 4.26. The van der Waals surface area contributed by atoms with Crippen LogP contribution in [0.15, 0.2) is 18.2 Å². The minimum atomic E-state index is -0.889. The molecule has 0 spiro atoms. The fourth-order valence-electron chi connectivity index (χ4n) is 0.962. The maximum Gasteiger partial charge on any atom is 0.411 e. The van der Waals surface area contributed by atoms with Gasteiger partial charge < -0.3 is 9.84 Å². The Labute approximate surface area is 84.4 Å². The number of anilines is 1. The molecule has 0 bridgehead atoms. The number of ether oxygens (including phenoxy) is 1. The van der Waals surface area contributed by atoms with Crippen LogP contribution in [0.4, 0.5) is 16.2 Å². The average Bonchev–Trinajstić information content (AvgIpc) is 2.20. The molecule has 1 aromatic carbocycles. The molecule has 0 fully saturated rings. The van der Waals surface area contributed by atoms with Crippen LogP contribution < -0.4 is 5.32 Å². The lowest BCUT2D eigenvalue weighted by molar-refractivity contribution is -0.384. The monoisotopic (exact) mass is 212 g/mol. The van der Waals surface area contributed by atoms with Gasteiger partial charge in [-0.3, -0.25) is 15.4 Å². The van der Waals surface area contributed by atoms with E-state index in [1.807, 2.05) is 0 Å². The number of carbonyl (C=O) groups excluding carboxylic acids is 1. The molecule has 2 N–H and O–H groups in total. The Morgan fingerprint density at radius 2 is 2.27 bits per heavy atom. The average molecular weight is 212 g/mol. The Bertz CT molecular complexity index is 404. The summed E-state index contributed by atoms with van der Waals surface area (Å²) >= 11 is 0. The summed E-state index contributed by atoms with van der Waals surface area (Å²) in [6.45, 7) is 0. The molecule has 0 saturated carbocycles. The molecule has 7 nitrogen and oxygen atoms in total. The first-order valence-corrected chi connectivity index (χ1v) is 3.87. The number of aromatic hydroxyl groups is 1. The molecule has 7 heteroatoms. The van der Waals surface area contributed by atoms with Crippen LogP contribution in [-0.2, 0) is 4.74 Å². The number of methoxy groups -OCH3 is 1. The summed E-state index contributed by atoms with van der Waals surface area (Å²) in [4.78, 5) is 20.7. The van der Waals surface area contributed by atoms with E-state index in [1.165, 1.54) is 12.1 Å². The number of hydrogen-bond donors (Lipinski definition) is 2. The second-order valence-electron chi connectivity index (χ2n) is 2.54. The van der Waals surface area contributed by atoms with Gasteiger partial charge in [-0.15, -0.1) is 0 Å². The van der Waals surface area contributed by atoms with Gasteiger partial charge in [-0.25, -0.2) is 4.79 Å². The van der Waals surface area contributed by atoms with E-state index in [4.69, 9.17) is 0 Å². The number of carbonyl (C=O) groups is 1. The number of nitrogens with one attached hydrogen (secondary N) is 1. The molecule has 80 valence electrons. The Hall–Kier alpha value is -2.31. The van der Waals surface area contributed by atoms with Gasteiger partial charge in [0.1, 0.15) is 5.75 Å². The van der Waals surface area contributed by atoms with Crippen LogP contribution in [0.1, 0.15) is 0 Å². The molecule has 0 aliphatic carbocycles. The largest absolute Gasteiger partial charge is 0.505 e. The number of amides is 1. The molecule has 1 aromatic rings. The molecular formula is C8H8N2O5. The van der Waals surface area contributed by atoms with Crippen molar-refractivity contribution in [1.82, 2.24) is 0 Å². The van der Waals surface area contributed by atoms with Gasteiger partial charge in [0.05, 0.1) is 12.0 Å². The molecule has 1 rings (SSSR count). The van der Waals surface area contributed by atoms with E-state index in [2.05, 4.69) is 10.1 Å². The third kappa shape index (κ3) is 2.33. The van der Waals surface area contributed by atoms with E-state index in [-0.39, 0.29) is 5.69 Å². The van der Waals surface area contributed by atoms with Crippen LogP contribution in [0.5, 0.6) is 5.75 Å². The number of nitro benzene ring substituents is 1. The first-order valence-electron chi connectivity index (χ1n) is 3.87. The second-order valence-corrected chi connectivity index (χ2v) is 2.54. The number of para-hydroxylation sites is 1. The third-order valence-corrected chi connectivity index (χ3v) is 1.63. The summed E-state index contributed by atoms with van der Waals surface area (Å²) in [5.41, 5.74) is -0.685. The smallest absolute Gasteiger partial charge is 0.411 e. The number of benzene rings is 1. The molecule has 0 radical (unpaired) electrons. The Morgan fingerprint density at radius 3 is 2.80 bits per heavy atom. The highest BCUT2D eigenvalue weighted by molar-refractivity contribution is 5.90. The number of rotatable bonds is 2. The summed E-state index contributed by atoms with van der Waals surface area (Å²) in [6.07, 6.45) is -0.889. The SMILES string of the molecule is COC(=O)Nc1c(O)cccc1[N+](=O)[O-]. The minimum Gasteiger partial charge on any atom is -0.505 e. The van der Waals surface area contributed by atoms with Crippen LogP contribution >= 0.6 is 0 Å². The number of nitrogens with zero attached hydrogens (tertiary/aromatic N) is 1. The maximum absolute atomic E-state index is 10.8. The van der Waals surface area contributed by atoms with Crippen molar-refractivity contribution < 1.29 is 19.6 Å². The fraction of sp³-hybridized carbons (Fsp3) is 0.125. The lowest BCUT2D eigenvalue weighted by Gasteiger charge is -2.05. The van der Waals surface area contributed by atoms with Crippen LogP contribution in [0.25, 0.3) is 0 Å². The van der Waals surface area contributed by atoms with Gasteiger partial charge in [0, 0.05) is 6.07 Å². The summed E-state index contributed by atoms with van der Waals surface area (Å²) in [5.74, 6) is -0.394. The lowest BCUT2D eigenvalue weighted by Crippen LogP contribution is -2.12. The number of phenols is 1. The van der Waals surface area contributed by atoms with Crippen molar-refractivity contribution >= 4 is 17.5 Å². The molecule has 0 heterocycles. The molecular weight excluding hydrogens is 204 g/mol.